The summed E-state index contributed by atoms with van der Waals surface area (Å²) >= 11 is 0. The number of alkyl carbamates (subject to hydrolysis) is 1. The van der Waals surface area contributed by atoms with E-state index >= 15 is 0 Å². The Kier molecular flexibility index (Phi) is 6.81. The van der Waals surface area contributed by atoms with Crippen LogP contribution in [-0.4, -0.2) is 51.7 Å². The number of aromatic carboxylic acids is 1. The molecule has 2 unspecified atom stereocenters. The van der Waals surface area contributed by atoms with Gasteiger partial charge in [0.1, 0.15) is 24.0 Å². The number of carboxylic acid groups (broad SMARTS) is 1. The van der Waals surface area contributed by atoms with Crippen LogP contribution in [0.4, 0.5) is 4.79 Å². The molecule has 0 saturated carbocycles. The minimum absolute atomic E-state index is 0.0206. The van der Waals surface area contributed by atoms with Crippen LogP contribution in [0.15, 0.2) is 66.7 Å². The number of amides is 1. The number of hydrogen-bond acceptors (Lipinski definition) is 6. The summed E-state index contributed by atoms with van der Waals surface area (Å²) in [4.78, 5) is 23.2. The highest BCUT2D eigenvalue weighted by atomic mass is 16.5. The lowest BCUT2D eigenvalue weighted by Gasteiger charge is -2.19. The van der Waals surface area contributed by atoms with Crippen molar-refractivity contribution in [1.82, 2.24) is 5.32 Å². The largest absolute Gasteiger partial charge is 0.507 e. The number of carboxylic acids is 1. The first-order valence-corrected chi connectivity index (χ1v) is 10.9. The van der Waals surface area contributed by atoms with Crippen molar-refractivity contribution in [3.63, 3.8) is 0 Å². The van der Waals surface area contributed by atoms with Crippen LogP contribution in [0, 0.1) is 0 Å². The first-order valence-electron chi connectivity index (χ1n) is 10.9. The first kappa shape index (κ1) is 23.3. The van der Waals surface area contributed by atoms with Gasteiger partial charge in [0.15, 0.2) is 0 Å². The molecule has 5 N–H and O–H groups in total. The fourth-order valence-corrected chi connectivity index (χ4v) is 4.27. The van der Waals surface area contributed by atoms with Gasteiger partial charge in [-0.3, -0.25) is 0 Å². The van der Waals surface area contributed by atoms with Gasteiger partial charge in [0.2, 0.25) is 0 Å². The lowest BCUT2D eigenvalue weighted by atomic mass is 9.98. The second kappa shape index (κ2) is 9.94. The molecule has 0 radical (unpaired) electrons. The summed E-state index contributed by atoms with van der Waals surface area (Å²) in [5.41, 5.74) is 4.33. The van der Waals surface area contributed by atoms with Gasteiger partial charge in [0.05, 0.1) is 6.10 Å². The maximum absolute atomic E-state index is 12.2. The second-order valence-corrected chi connectivity index (χ2v) is 8.13. The maximum Gasteiger partial charge on any atom is 0.407 e. The van der Waals surface area contributed by atoms with E-state index in [1.54, 1.807) is 0 Å². The summed E-state index contributed by atoms with van der Waals surface area (Å²) in [5.74, 6) is -1.87. The zero-order chi connectivity index (χ0) is 24.2. The van der Waals surface area contributed by atoms with Gasteiger partial charge in [-0.25, -0.2) is 9.59 Å². The van der Waals surface area contributed by atoms with Gasteiger partial charge >= 0.3 is 12.1 Å². The molecule has 8 heteroatoms. The first-order chi connectivity index (χ1) is 16.4. The number of rotatable bonds is 8. The summed E-state index contributed by atoms with van der Waals surface area (Å²) in [6.45, 7) is 0.217. The van der Waals surface area contributed by atoms with E-state index in [0.29, 0.717) is 0 Å². The molecule has 3 aromatic rings. The number of ether oxygens (including phenoxy) is 1. The Bertz CT molecular complexity index is 1160. The van der Waals surface area contributed by atoms with Gasteiger partial charge in [-0.1, -0.05) is 54.6 Å². The molecule has 0 bridgehead atoms. The Labute approximate surface area is 196 Å². The second-order valence-electron chi connectivity index (χ2n) is 8.13. The summed E-state index contributed by atoms with van der Waals surface area (Å²) < 4.78 is 5.44. The summed E-state index contributed by atoms with van der Waals surface area (Å²) in [6, 6.07) is 19.6. The SMILES string of the molecule is O=C(NCCC(O)C(O)c1ccc(C(=O)O)c(O)c1)OCC1c2ccccc2-c2ccccc21. The number of fused-ring (bicyclic) bond motifs is 3. The summed E-state index contributed by atoms with van der Waals surface area (Å²) in [7, 11) is 0. The molecule has 1 aliphatic rings. The lowest BCUT2D eigenvalue weighted by molar-refractivity contribution is 0.0135. The van der Waals surface area contributed by atoms with E-state index in [4.69, 9.17) is 9.84 Å². The van der Waals surface area contributed by atoms with Crippen molar-refractivity contribution in [2.24, 2.45) is 0 Å². The third-order valence-corrected chi connectivity index (χ3v) is 6.01. The number of nitrogens with one attached hydrogen (secondary N) is 1. The third-order valence-electron chi connectivity index (χ3n) is 6.01. The maximum atomic E-state index is 12.2. The molecular weight excluding hydrogens is 438 g/mol. The van der Waals surface area contributed by atoms with Crippen LogP contribution < -0.4 is 5.32 Å². The number of aliphatic hydroxyl groups excluding tert-OH is 2. The van der Waals surface area contributed by atoms with Crippen molar-refractivity contribution in [1.29, 1.82) is 0 Å². The van der Waals surface area contributed by atoms with E-state index < -0.39 is 30.0 Å². The van der Waals surface area contributed by atoms with E-state index in [1.165, 1.54) is 6.07 Å². The molecule has 1 amide bonds. The summed E-state index contributed by atoms with van der Waals surface area (Å²) in [5, 5.41) is 41.8. The predicted molar refractivity (Wildman–Crippen MR) is 124 cm³/mol. The van der Waals surface area contributed by atoms with Gasteiger partial charge < -0.3 is 30.5 Å². The molecule has 0 spiro atoms. The van der Waals surface area contributed by atoms with Gasteiger partial charge in [0, 0.05) is 12.5 Å². The predicted octanol–water partition coefficient (Wildman–Crippen LogP) is 3.41. The highest BCUT2D eigenvalue weighted by molar-refractivity contribution is 5.90. The zero-order valence-electron chi connectivity index (χ0n) is 18.2. The average Bonchev–Trinajstić information content (AvgIpc) is 3.15. The van der Waals surface area contributed by atoms with Crippen molar-refractivity contribution >= 4 is 12.1 Å². The minimum Gasteiger partial charge on any atom is -0.507 e. The van der Waals surface area contributed by atoms with E-state index in [2.05, 4.69) is 17.4 Å². The van der Waals surface area contributed by atoms with Crippen molar-refractivity contribution < 1.29 is 34.8 Å². The number of aromatic hydroxyl groups is 1. The van der Waals surface area contributed by atoms with Crippen LogP contribution in [0.1, 0.15) is 45.5 Å². The van der Waals surface area contributed by atoms with Gasteiger partial charge in [-0.2, -0.15) is 0 Å². The number of benzene rings is 3. The smallest absolute Gasteiger partial charge is 0.407 e. The van der Waals surface area contributed by atoms with Crippen molar-refractivity contribution in [2.45, 2.75) is 24.5 Å². The monoisotopic (exact) mass is 463 g/mol. The van der Waals surface area contributed by atoms with Crippen LogP contribution in [-0.2, 0) is 4.74 Å². The molecule has 34 heavy (non-hydrogen) atoms. The van der Waals surface area contributed by atoms with Crippen LogP contribution in [0.3, 0.4) is 0 Å². The lowest BCUT2D eigenvalue weighted by Crippen LogP contribution is -2.30. The molecule has 0 saturated heterocycles. The summed E-state index contributed by atoms with van der Waals surface area (Å²) in [6.07, 6.45) is -3.22. The third kappa shape index (κ3) is 4.73. The van der Waals surface area contributed by atoms with Crippen LogP contribution in [0.2, 0.25) is 0 Å². The standard InChI is InChI=1S/C26H25NO7/c28-22(24(30)15-9-10-20(25(31)32)23(29)13-15)11-12-27-26(33)34-14-21-18-7-3-1-5-16(18)17-6-2-4-8-19(17)21/h1-10,13,21-22,24,28-30H,11-12,14H2,(H,27,33)(H,31,32). The number of aliphatic hydroxyl groups is 2. The molecule has 176 valence electrons. The molecule has 0 heterocycles. The molecule has 0 fully saturated rings. The number of hydrogen-bond donors (Lipinski definition) is 5. The molecule has 2 atom stereocenters. The Balaban J connectivity index is 1.28. The number of phenols is 1. The van der Waals surface area contributed by atoms with Gasteiger partial charge in [0.25, 0.3) is 0 Å². The Morgan fingerprint density at radius 2 is 1.56 bits per heavy atom. The minimum atomic E-state index is -1.36. The molecule has 0 aromatic heterocycles. The van der Waals surface area contributed by atoms with Crippen molar-refractivity contribution in [3.05, 3.63) is 89.0 Å². The number of carbonyl (C=O) groups excluding carboxylic acids is 1. The van der Waals surface area contributed by atoms with Crippen LogP contribution in [0.25, 0.3) is 11.1 Å². The molecule has 0 aliphatic heterocycles. The fourth-order valence-electron chi connectivity index (χ4n) is 4.27. The van der Waals surface area contributed by atoms with E-state index in [9.17, 15) is 24.9 Å². The number of carbonyl (C=O) groups is 2. The molecule has 4 rings (SSSR count). The van der Waals surface area contributed by atoms with E-state index in [-0.39, 0.29) is 36.6 Å². The molecule has 8 nitrogen and oxygen atoms in total. The average molecular weight is 463 g/mol. The zero-order valence-corrected chi connectivity index (χ0v) is 18.2. The van der Waals surface area contributed by atoms with Gasteiger partial charge in [-0.05, 0) is 46.4 Å². The highest BCUT2D eigenvalue weighted by Gasteiger charge is 2.29. The quantitative estimate of drug-likeness (QED) is 0.345. The Morgan fingerprint density at radius 1 is 0.941 bits per heavy atom. The van der Waals surface area contributed by atoms with E-state index in [0.717, 1.165) is 34.4 Å². The topological polar surface area (TPSA) is 136 Å². The molecule has 1 aliphatic carbocycles. The van der Waals surface area contributed by atoms with Crippen molar-refractivity contribution in [3.8, 4) is 16.9 Å². The fraction of sp³-hybridized carbons (Fsp3) is 0.231. The van der Waals surface area contributed by atoms with E-state index in [1.807, 2.05) is 36.4 Å². The van der Waals surface area contributed by atoms with Crippen LogP contribution >= 0.6 is 0 Å². The van der Waals surface area contributed by atoms with Crippen molar-refractivity contribution in [2.75, 3.05) is 13.2 Å². The van der Waals surface area contributed by atoms with Crippen LogP contribution in [0.5, 0.6) is 5.75 Å². The Hall–Kier alpha value is -3.88. The normalized spacial score (nSPS) is 14.1. The molecular formula is C26H25NO7. The molecule has 3 aromatic carbocycles. The Morgan fingerprint density at radius 3 is 2.15 bits per heavy atom. The van der Waals surface area contributed by atoms with Gasteiger partial charge in [-0.15, -0.1) is 0 Å². The highest BCUT2D eigenvalue weighted by Crippen LogP contribution is 2.44.